The molecule has 0 saturated carbocycles. The number of unbranched alkanes of at least 4 members (excludes halogenated alkanes) is 32. The van der Waals surface area contributed by atoms with Gasteiger partial charge in [-0.2, -0.15) is 0 Å². The summed E-state index contributed by atoms with van der Waals surface area (Å²) in [5.41, 5.74) is 0. The third-order valence-corrected chi connectivity index (χ3v) is 14.1. The highest BCUT2D eigenvalue weighted by Crippen LogP contribution is 2.16. The lowest BCUT2D eigenvalue weighted by molar-refractivity contribution is -0.167. The third kappa shape index (κ3) is 63.0. The Bertz CT molecular complexity index is 1510. The first kappa shape index (κ1) is 73.3. The SMILES string of the molecule is CC/C=C\C/C=C\C/C=C\C/C=C\C/C=C\C/C=C\C/C=C\CCCCCCCCCCCC(=O)OCC(COC(=O)CCCCCCCCCCCCCCCC)OC(=O)CCCCCCC/C=C\CCCCCCC. The molecule has 0 amide bonds. The molecule has 6 heteroatoms. The largest absolute Gasteiger partial charge is 0.462 e. The molecule has 0 bridgehead atoms. The predicted octanol–water partition coefficient (Wildman–Crippen LogP) is 22.4. The monoisotopic (exact) mass is 1070 g/mol. The number of carbonyl (C=O) groups excluding carboxylic acids is 3. The first-order valence-electron chi connectivity index (χ1n) is 32.7. The average Bonchev–Trinajstić information content (AvgIpc) is 3.43. The summed E-state index contributed by atoms with van der Waals surface area (Å²) in [6.45, 7) is 6.53. The van der Waals surface area contributed by atoms with E-state index in [1.165, 1.54) is 154 Å². The number of hydrogen-bond acceptors (Lipinski definition) is 6. The molecule has 77 heavy (non-hydrogen) atoms. The number of allylic oxidation sites excluding steroid dienone is 16. The van der Waals surface area contributed by atoms with E-state index in [1.54, 1.807) is 0 Å². The second-order valence-corrected chi connectivity index (χ2v) is 21.6. The predicted molar refractivity (Wildman–Crippen MR) is 334 cm³/mol. The van der Waals surface area contributed by atoms with Gasteiger partial charge < -0.3 is 14.2 Å². The number of hydrogen-bond donors (Lipinski definition) is 0. The smallest absolute Gasteiger partial charge is 0.306 e. The van der Waals surface area contributed by atoms with Gasteiger partial charge in [-0.15, -0.1) is 0 Å². The van der Waals surface area contributed by atoms with Crippen LogP contribution in [-0.4, -0.2) is 37.2 Å². The molecule has 1 unspecified atom stereocenters. The van der Waals surface area contributed by atoms with E-state index >= 15 is 0 Å². The van der Waals surface area contributed by atoms with Crippen molar-refractivity contribution < 1.29 is 28.6 Å². The van der Waals surface area contributed by atoms with Crippen molar-refractivity contribution in [3.63, 3.8) is 0 Å². The number of rotatable bonds is 59. The van der Waals surface area contributed by atoms with Crippen molar-refractivity contribution in [1.29, 1.82) is 0 Å². The molecule has 0 heterocycles. The van der Waals surface area contributed by atoms with Crippen LogP contribution in [0, 0.1) is 0 Å². The lowest BCUT2D eigenvalue weighted by atomic mass is 10.0. The van der Waals surface area contributed by atoms with Gasteiger partial charge in [-0.3, -0.25) is 14.4 Å². The Kier molecular flexibility index (Phi) is 61.8. The van der Waals surface area contributed by atoms with E-state index in [1.807, 2.05) is 0 Å². The van der Waals surface area contributed by atoms with Gasteiger partial charge in [-0.1, -0.05) is 291 Å². The van der Waals surface area contributed by atoms with Crippen LogP contribution in [0.1, 0.15) is 316 Å². The highest BCUT2D eigenvalue weighted by Gasteiger charge is 2.19. The van der Waals surface area contributed by atoms with Crippen molar-refractivity contribution in [2.75, 3.05) is 13.2 Å². The lowest BCUT2D eigenvalue weighted by Gasteiger charge is -2.18. The molecule has 0 spiro atoms. The summed E-state index contributed by atoms with van der Waals surface area (Å²) < 4.78 is 16.9. The van der Waals surface area contributed by atoms with Crippen LogP contribution < -0.4 is 0 Å². The van der Waals surface area contributed by atoms with Crippen LogP contribution in [0.4, 0.5) is 0 Å². The number of esters is 3. The molecule has 0 saturated heterocycles. The fourth-order valence-electron chi connectivity index (χ4n) is 9.18. The Morgan fingerprint density at radius 2 is 0.506 bits per heavy atom. The topological polar surface area (TPSA) is 78.9 Å². The summed E-state index contributed by atoms with van der Waals surface area (Å²) >= 11 is 0. The van der Waals surface area contributed by atoms with Crippen LogP contribution in [0.2, 0.25) is 0 Å². The van der Waals surface area contributed by atoms with Crippen molar-refractivity contribution in [2.45, 2.75) is 322 Å². The molecule has 1 atom stereocenters. The van der Waals surface area contributed by atoms with Crippen LogP contribution in [0.5, 0.6) is 0 Å². The van der Waals surface area contributed by atoms with Crippen LogP contribution in [0.25, 0.3) is 0 Å². The van der Waals surface area contributed by atoms with E-state index in [2.05, 4.69) is 118 Å². The van der Waals surface area contributed by atoms with E-state index in [9.17, 15) is 14.4 Å². The second-order valence-electron chi connectivity index (χ2n) is 21.6. The van der Waals surface area contributed by atoms with E-state index < -0.39 is 6.10 Å². The van der Waals surface area contributed by atoms with Crippen molar-refractivity contribution >= 4 is 17.9 Å². The Morgan fingerprint density at radius 3 is 0.805 bits per heavy atom. The van der Waals surface area contributed by atoms with Crippen LogP contribution in [-0.2, 0) is 28.6 Å². The van der Waals surface area contributed by atoms with Crippen molar-refractivity contribution in [2.24, 2.45) is 0 Å². The van der Waals surface area contributed by atoms with Gasteiger partial charge >= 0.3 is 17.9 Å². The van der Waals surface area contributed by atoms with Crippen molar-refractivity contribution in [3.05, 3.63) is 97.2 Å². The molecule has 442 valence electrons. The quantitative estimate of drug-likeness (QED) is 0.0261. The van der Waals surface area contributed by atoms with Gasteiger partial charge in [0.15, 0.2) is 6.10 Å². The molecular formula is C71H122O6. The maximum absolute atomic E-state index is 12.9. The average molecular weight is 1070 g/mol. The second kappa shape index (κ2) is 64.9. The van der Waals surface area contributed by atoms with Crippen molar-refractivity contribution in [1.82, 2.24) is 0 Å². The lowest BCUT2D eigenvalue weighted by Crippen LogP contribution is -2.30. The zero-order valence-electron chi connectivity index (χ0n) is 50.7. The molecule has 0 aliphatic heterocycles. The van der Waals surface area contributed by atoms with Gasteiger partial charge in [-0.05, 0) is 103 Å². The maximum Gasteiger partial charge on any atom is 0.306 e. The Hall–Kier alpha value is -3.67. The zero-order valence-corrected chi connectivity index (χ0v) is 50.7. The third-order valence-electron chi connectivity index (χ3n) is 14.1. The molecule has 0 aromatic heterocycles. The Balaban J connectivity index is 4.26. The first-order valence-corrected chi connectivity index (χ1v) is 32.7. The highest BCUT2D eigenvalue weighted by molar-refractivity contribution is 5.71. The summed E-state index contributed by atoms with van der Waals surface area (Å²) in [6.07, 6.45) is 87.0. The summed E-state index contributed by atoms with van der Waals surface area (Å²) in [5, 5.41) is 0. The first-order chi connectivity index (χ1) is 38.0. The maximum atomic E-state index is 12.9. The summed E-state index contributed by atoms with van der Waals surface area (Å²) in [7, 11) is 0. The highest BCUT2D eigenvalue weighted by atomic mass is 16.6. The molecule has 0 fully saturated rings. The molecule has 0 aromatic carbocycles. The standard InChI is InChI=1S/C71H122O6/c1-4-7-10-13-16-19-22-25-28-29-30-31-32-33-34-35-36-37-38-39-40-41-42-43-44-47-49-52-55-58-61-64-70(73)76-67-68(77-71(74)65-62-59-56-53-50-46-27-24-21-18-15-12-9-6-3)66-75-69(72)63-60-57-54-51-48-45-26-23-20-17-14-11-8-5-2/h7,10,16,19,24-25,27-28,30-31,33-34,36-37,39-40,68H,4-6,8-9,11-15,17-18,20-23,26,29,32,35,38,41-67H2,1-3H3/b10-7-,19-16-,27-24-,28-25-,31-30-,34-33-,37-36-,40-39-. The molecule has 0 N–H and O–H groups in total. The molecule has 0 aromatic rings. The number of ether oxygens (including phenoxy) is 3. The fraction of sp³-hybridized carbons (Fsp3) is 0.732. The van der Waals surface area contributed by atoms with E-state index in [4.69, 9.17) is 14.2 Å². The normalized spacial score (nSPS) is 12.7. The summed E-state index contributed by atoms with van der Waals surface area (Å²) in [4.78, 5) is 38.3. The Morgan fingerprint density at radius 1 is 0.273 bits per heavy atom. The fourth-order valence-corrected chi connectivity index (χ4v) is 9.18. The summed E-state index contributed by atoms with van der Waals surface area (Å²) in [5.74, 6) is -0.882. The van der Waals surface area contributed by atoms with E-state index in [0.29, 0.717) is 19.3 Å². The van der Waals surface area contributed by atoms with Gasteiger partial charge in [0.1, 0.15) is 13.2 Å². The molecule has 0 aliphatic carbocycles. The Labute approximate surface area is 477 Å². The van der Waals surface area contributed by atoms with Gasteiger partial charge in [0, 0.05) is 19.3 Å². The molecule has 0 rings (SSSR count). The van der Waals surface area contributed by atoms with Gasteiger partial charge in [0.2, 0.25) is 0 Å². The number of carbonyl (C=O) groups is 3. The minimum Gasteiger partial charge on any atom is -0.462 e. The summed E-state index contributed by atoms with van der Waals surface area (Å²) in [6, 6.07) is 0. The van der Waals surface area contributed by atoms with Crippen LogP contribution in [0.15, 0.2) is 97.2 Å². The molecule has 0 radical (unpaired) electrons. The van der Waals surface area contributed by atoms with E-state index in [0.717, 1.165) is 122 Å². The molecular weight excluding hydrogens is 949 g/mol. The molecule has 0 aliphatic rings. The van der Waals surface area contributed by atoms with Crippen LogP contribution in [0.3, 0.4) is 0 Å². The van der Waals surface area contributed by atoms with Gasteiger partial charge in [0.05, 0.1) is 0 Å². The van der Waals surface area contributed by atoms with Crippen LogP contribution >= 0.6 is 0 Å². The van der Waals surface area contributed by atoms with Gasteiger partial charge in [-0.25, -0.2) is 0 Å². The van der Waals surface area contributed by atoms with Gasteiger partial charge in [0.25, 0.3) is 0 Å². The van der Waals surface area contributed by atoms with E-state index in [-0.39, 0.29) is 31.1 Å². The minimum atomic E-state index is -0.783. The molecule has 6 nitrogen and oxygen atoms in total. The van der Waals surface area contributed by atoms with Crippen molar-refractivity contribution in [3.8, 4) is 0 Å². The zero-order chi connectivity index (χ0) is 55.7. The minimum absolute atomic E-state index is 0.0789.